The number of rotatable bonds is 4. The Labute approximate surface area is 93.5 Å². The van der Waals surface area contributed by atoms with E-state index in [-0.39, 0.29) is 5.57 Å². The van der Waals surface area contributed by atoms with Crippen molar-refractivity contribution in [3.8, 4) is 0 Å². The van der Waals surface area contributed by atoms with E-state index >= 15 is 0 Å². The maximum atomic E-state index is 11.9. The molecule has 4 heteroatoms. The highest BCUT2D eigenvalue weighted by Crippen LogP contribution is 2.19. The van der Waals surface area contributed by atoms with Gasteiger partial charge in [-0.1, -0.05) is 24.3 Å². The molecule has 0 unspecified atom stereocenters. The molecule has 0 aromatic heterocycles. The van der Waals surface area contributed by atoms with Crippen LogP contribution in [0.3, 0.4) is 0 Å². The highest BCUT2D eigenvalue weighted by atomic mass is 19.1. The second-order valence-electron chi connectivity index (χ2n) is 3.11. The van der Waals surface area contributed by atoms with Gasteiger partial charge >= 0.3 is 5.97 Å². The molecule has 0 N–H and O–H groups in total. The molecule has 0 heterocycles. The highest BCUT2D eigenvalue weighted by Gasteiger charge is 2.14. The summed E-state index contributed by atoms with van der Waals surface area (Å²) in [7, 11) is 1.27. The molecule has 1 aromatic carbocycles. The smallest absolute Gasteiger partial charge is 0.341 e. The summed E-state index contributed by atoms with van der Waals surface area (Å²) in [6.45, 7) is 0.869. The topological polar surface area (TPSA) is 35.5 Å². The van der Waals surface area contributed by atoms with Gasteiger partial charge in [-0.2, -0.15) is 0 Å². The third-order valence-corrected chi connectivity index (χ3v) is 2.10. The van der Waals surface area contributed by atoms with Gasteiger partial charge in [0.2, 0.25) is 6.86 Å². The Kier molecular flexibility index (Phi) is 4.51. The van der Waals surface area contributed by atoms with Crippen molar-refractivity contribution < 1.29 is 18.7 Å². The first-order valence-electron chi connectivity index (χ1n) is 4.72. The zero-order chi connectivity index (χ0) is 12.0. The van der Waals surface area contributed by atoms with E-state index in [9.17, 15) is 9.18 Å². The zero-order valence-electron chi connectivity index (χ0n) is 9.20. The molecule has 1 aromatic rings. The molecule has 0 amide bonds. The van der Waals surface area contributed by atoms with Crippen molar-refractivity contribution in [1.29, 1.82) is 0 Å². The second-order valence-corrected chi connectivity index (χ2v) is 3.11. The van der Waals surface area contributed by atoms with Crippen LogP contribution in [0, 0.1) is 6.92 Å². The number of carbonyl (C=O) groups is 1. The third kappa shape index (κ3) is 2.82. The molecule has 0 aliphatic heterocycles. The van der Waals surface area contributed by atoms with E-state index in [2.05, 4.69) is 9.47 Å². The molecule has 0 spiro atoms. The maximum Gasteiger partial charge on any atom is 0.341 e. The van der Waals surface area contributed by atoms with Crippen LogP contribution in [0.1, 0.15) is 11.1 Å². The molecule has 0 saturated heterocycles. The van der Waals surface area contributed by atoms with Crippen molar-refractivity contribution in [3.05, 3.63) is 41.7 Å². The Morgan fingerprint density at radius 3 is 2.69 bits per heavy atom. The Hall–Kier alpha value is -1.84. The van der Waals surface area contributed by atoms with E-state index in [1.54, 1.807) is 12.1 Å². The van der Waals surface area contributed by atoms with Gasteiger partial charge in [0, 0.05) is 0 Å². The zero-order valence-corrected chi connectivity index (χ0v) is 9.20. The summed E-state index contributed by atoms with van der Waals surface area (Å²) in [5.41, 5.74) is 1.77. The number of benzene rings is 1. The average Bonchev–Trinajstić information content (AvgIpc) is 2.31. The van der Waals surface area contributed by atoms with Crippen molar-refractivity contribution >= 4 is 11.5 Å². The molecule has 0 radical (unpaired) electrons. The molecule has 0 fully saturated rings. The number of halogens is 1. The Balaban J connectivity index is 3.11. The fraction of sp³-hybridized carbons (Fsp3) is 0.250. The van der Waals surface area contributed by atoms with Crippen molar-refractivity contribution in [2.45, 2.75) is 6.92 Å². The van der Waals surface area contributed by atoms with Gasteiger partial charge in [-0.15, -0.1) is 0 Å². The Bertz CT molecular complexity index is 399. The second kappa shape index (κ2) is 5.90. The number of hydrogen-bond acceptors (Lipinski definition) is 3. The number of ether oxygens (including phenoxy) is 2. The molecular weight excluding hydrogens is 211 g/mol. The van der Waals surface area contributed by atoms with E-state index in [0.717, 1.165) is 11.8 Å². The van der Waals surface area contributed by atoms with Gasteiger partial charge in [0.15, 0.2) is 0 Å². The summed E-state index contributed by atoms with van der Waals surface area (Å²) in [4.78, 5) is 11.5. The van der Waals surface area contributed by atoms with Gasteiger partial charge in [0.1, 0.15) is 11.8 Å². The van der Waals surface area contributed by atoms with Crippen molar-refractivity contribution in [1.82, 2.24) is 0 Å². The number of hydrogen-bond donors (Lipinski definition) is 0. The van der Waals surface area contributed by atoms with Crippen LogP contribution in [0.2, 0.25) is 0 Å². The van der Waals surface area contributed by atoms with Crippen LogP contribution in [0.15, 0.2) is 30.5 Å². The maximum absolute atomic E-state index is 11.9. The van der Waals surface area contributed by atoms with Gasteiger partial charge in [-0.3, -0.25) is 0 Å². The summed E-state index contributed by atoms with van der Waals surface area (Å²) in [5.74, 6) is -0.553. The third-order valence-electron chi connectivity index (χ3n) is 2.10. The van der Waals surface area contributed by atoms with Crippen LogP contribution in [0.25, 0.3) is 5.57 Å². The van der Waals surface area contributed by atoms with E-state index in [1.165, 1.54) is 7.11 Å². The first-order valence-corrected chi connectivity index (χ1v) is 4.72. The predicted octanol–water partition coefficient (Wildman–Crippen LogP) is 2.45. The molecule has 0 aliphatic carbocycles. The Morgan fingerprint density at radius 2 is 2.12 bits per heavy atom. The lowest BCUT2D eigenvalue weighted by Gasteiger charge is -2.08. The first-order chi connectivity index (χ1) is 7.70. The van der Waals surface area contributed by atoms with Crippen LogP contribution >= 0.6 is 0 Å². The quantitative estimate of drug-likeness (QED) is 0.447. The molecule has 3 nitrogen and oxygen atoms in total. The lowest BCUT2D eigenvalue weighted by atomic mass is 10.0. The molecule has 0 aliphatic rings. The lowest BCUT2D eigenvalue weighted by molar-refractivity contribution is -0.133. The largest absolute Gasteiger partial charge is 0.470 e. The number of methoxy groups -OCH3 is 1. The number of carbonyl (C=O) groups excluding carboxylic acids is 1. The van der Waals surface area contributed by atoms with E-state index in [1.807, 2.05) is 19.1 Å². The van der Waals surface area contributed by atoms with Crippen molar-refractivity contribution in [2.24, 2.45) is 0 Å². The van der Waals surface area contributed by atoms with E-state index < -0.39 is 12.8 Å². The molecule has 0 saturated carbocycles. The molecule has 16 heavy (non-hydrogen) atoms. The number of esters is 1. The molecule has 1 rings (SSSR count). The van der Waals surface area contributed by atoms with Crippen LogP contribution in [0.4, 0.5) is 4.39 Å². The first kappa shape index (κ1) is 12.2. The molecule has 86 valence electrons. The van der Waals surface area contributed by atoms with E-state index in [4.69, 9.17) is 0 Å². The fourth-order valence-electron chi connectivity index (χ4n) is 1.32. The normalized spacial score (nSPS) is 11.1. The lowest BCUT2D eigenvalue weighted by Crippen LogP contribution is -2.05. The van der Waals surface area contributed by atoms with Crippen molar-refractivity contribution in [2.75, 3.05) is 14.0 Å². The predicted molar refractivity (Wildman–Crippen MR) is 58.2 cm³/mol. The fourth-order valence-corrected chi connectivity index (χ4v) is 1.32. The monoisotopic (exact) mass is 224 g/mol. The molecule has 0 atom stereocenters. The minimum absolute atomic E-state index is 0.207. The minimum Gasteiger partial charge on any atom is -0.470 e. The Morgan fingerprint density at radius 1 is 1.44 bits per heavy atom. The highest BCUT2D eigenvalue weighted by molar-refractivity contribution is 6.16. The summed E-state index contributed by atoms with van der Waals surface area (Å²) in [5, 5.41) is 0. The summed E-state index contributed by atoms with van der Waals surface area (Å²) < 4.78 is 21.0. The summed E-state index contributed by atoms with van der Waals surface area (Å²) >= 11 is 0. The molecule has 0 bridgehead atoms. The summed E-state index contributed by atoms with van der Waals surface area (Å²) in [6.07, 6.45) is 1.08. The molecular formula is C12H13FO3. The minimum atomic E-state index is -0.980. The van der Waals surface area contributed by atoms with Crippen LogP contribution in [-0.4, -0.2) is 19.9 Å². The number of aryl methyl sites for hydroxylation is 1. The number of alkyl halides is 1. The van der Waals surface area contributed by atoms with Gasteiger partial charge < -0.3 is 9.47 Å². The van der Waals surface area contributed by atoms with Gasteiger partial charge in [-0.05, 0) is 18.1 Å². The average molecular weight is 224 g/mol. The van der Waals surface area contributed by atoms with Crippen LogP contribution in [0.5, 0.6) is 0 Å². The van der Waals surface area contributed by atoms with Gasteiger partial charge in [-0.25, -0.2) is 9.18 Å². The standard InChI is InChI=1S/C12H13FO3/c1-9-5-3-4-6-10(9)11(7-16-8-13)12(14)15-2/h3-7H,8H2,1-2H3. The van der Waals surface area contributed by atoms with Gasteiger partial charge in [0.05, 0.1) is 7.11 Å². The van der Waals surface area contributed by atoms with Crippen molar-refractivity contribution in [3.63, 3.8) is 0 Å². The van der Waals surface area contributed by atoms with Crippen LogP contribution in [-0.2, 0) is 14.3 Å². The van der Waals surface area contributed by atoms with E-state index in [0.29, 0.717) is 5.56 Å². The SMILES string of the molecule is COC(=O)C(=COCF)c1ccccc1C. The summed E-state index contributed by atoms with van der Waals surface area (Å²) in [6, 6.07) is 7.24. The van der Waals surface area contributed by atoms with Gasteiger partial charge in [0.25, 0.3) is 0 Å². The van der Waals surface area contributed by atoms with Crippen LogP contribution < -0.4 is 0 Å².